The van der Waals surface area contributed by atoms with Crippen LogP contribution in [0.25, 0.3) is 10.9 Å². The lowest BCUT2D eigenvalue weighted by Crippen LogP contribution is -2.50. The van der Waals surface area contributed by atoms with Crippen molar-refractivity contribution >= 4 is 51.7 Å². The van der Waals surface area contributed by atoms with Crippen LogP contribution in [0.15, 0.2) is 29.6 Å². The van der Waals surface area contributed by atoms with Gasteiger partial charge in [0.2, 0.25) is 5.95 Å². The van der Waals surface area contributed by atoms with Crippen molar-refractivity contribution in [2.24, 2.45) is 0 Å². The molecule has 31 heavy (non-hydrogen) atoms. The topological polar surface area (TPSA) is 123 Å². The molecule has 0 unspecified atom stereocenters. The highest BCUT2D eigenvalue weighted by atomic mass is 32.1. The summed E-state index contributed by atoms with van der Waals surface area (Å²) in [4.78, 5) is 37.6. The van der Waals surface area contributed by atoms with Gasteiger partial charge in [0.05, 0.1) is 25.1 Å². The van der Waals surface area contributed by atoms with Crippen LogP contribution in [0, 0.1) is 0 Å². The summed E-state index contributed by atoms with van der Waals surface area (Å²) >= 11 is 1.25. The second-order valence-electron chi connectivity index (χ2n) is 6.85. The number of rotatable bonds is 4. The number of esters is 1. The Morgan fingerprint density at radius 1 is 1.10 bits per heavy atom. The van der Waals surface area contributed by atoms with Gasteiger partial charge in [0.15, 0.2) is 0 Å². The van der Waals surface area contributed by atoms with Crippen molar-refractivity contribution in [3.05, 3.63) is 34.5 Å². The summed E-state index contributed by atoms with van der Waals surface area (Å²) in [6.07, 6.45) is 0. The minimum atomic E-state index is -0.438. The van der Waals surface area contributed by atoms with Crippen LogP contribution in [0.1, 0.15) is 9.67 Å². The Morgan fingerprint density at radius 3 is 2.45 bits per heavy atom. The molecule has 0 spiro atoms. The lowest BCUT2D eigenvalue weighted by Gasteiger charge is -2.35. The lowest BCUT2D eigenvalue weighted by atomic mass is 10.2. The molecule has 2 amide bonds. The molecule has 3 heterocycles. The Hall–Kier alpha value is -3.60. The highest BCUT2D eigenvalue weighted by molar-refractivity contribution is 7.13. The van der Waals surface area contributed by atoms with E-state index < -0.39 is 5.97 Å². The number of amides is 2. The number of nitrogen functional groups attached to an aromatic ring is 1. The van der Waals surface area contributed by atoms with Gasteiger partial charge in [-0.05, 0) is 24.3 Å². The highest BCUT2D eigenvalue weighted by Crippen LogP contribution is 2.33. The van der Waals surface area contributed by atoms with Crippen LogP contribution in [0.3, 0.4) is 0 Å². The number of aromatic nitrogens is 2. The molecule has 1 fully saturated rings. The Kier molecular flexibility index (Phi) is 5.76. The number of methoxy groups -OCH3 is 2. The Balaban J connectivity index is 1.48. The van der Waals surface area contributed by atoms with E-state index in [4.69, 9.17) is 15.2 Å². The first-order valence-electron chi connectivity index (χ1n) is 9.58. The number of nitrogens with two attached hydrogens (primary N) is 1. The van der Waals surface area contributed by atoms with Gasteiger partial charge in [-0.1, -0.05) is 0 Å². The monoisotopic (exact) mass is 442 g/mol. The molecule has 1 saturated heterocycles. The van der Waals surface area contributed by atoms with Crippen molar-refractivity contribution in [1.29, 1.82) is 0 Å². The van der Waals surface area contributed by atoms with E-state index in [1.54, 1.807) is 41.7 Å². The van der Waals surface area contributed by atoms with Crippen LogP contribution in [-0.2, 0) is 4.74 Å². The van der Waals surface area contributed by atoms with Gasteiger partial charge in [-0.25, -0.2) is 14.6 Å². The van der Waals surface area contributed by atoms with Crippen LogP contribution in [0.2, 0.25) is 0 Å². The van der Waals surface area contributed by atoms with Crippen molar-refractivity contribution < 1.29 is 19.1 Å². The number of piperazine rings is 1. The number of carbonyl (C=O) groups excluding carboxylic acids is 2. The fraction of sp³-hybridized carbons (Fsp3) is 0.300. The second kappa shape index (κ2) is 8.64. The van der Waals surface area contributed by atoms with Crippen molar-refractivity contribution in [1.82, 2.24) is 14.9 Å². The van der Waals surface area contributed by atoms with Gasteiger partial charge in [-0.15, -0.1) is 11.3 Å². The quantitative estimate of drug-likeness (QED) is 0.591. The van der Waals surface area contributed by atoms with E-state index in [0.717, 1.165) is 5.75 Å². The first-order valence-corrected chi connectivity index (χ1v) is 10.5. The summed E-state index contributed by atoms with van der Waals surface area (Å²) in [5, 5.41) is 5.28. The molecule has 162 valence electrons. The molecule has 2 aromatic heterocycles. The predicted octanol–water partition coefficient (Wildman–Crippen LogP) is 2.42. The van der Waals surface area contributed by atoms with Gasteiger partial charge in [0.1, 0.15) is 16.4 Å². The summed E-state index contributed by atoms with van der Waals surface area (Å²) in [5.74, 6) is 1.00. The number of carbonyl (C=O) groups is 2. The number of benzene rings is 1. The molecule has 11 heteroatoms. The average Bonchev–Trinajstić information content (AvgIpc) is 3.22. The number of urea groups is 1. The van der Waals surface area contributed by atoms with Crippen LogP contribution in [0.5, 0.6) is 5.75 Å². The summed E-state index contributed by atoms with van der Waals surface area (Å²) in [5.41, 5.74) is 7.19. The van der Waals surface area contributed by atoms with Crippen molar-refractivity contribution in [2.75, 3.05) is 56.3 Å². The Labute approximate surface area is 182 Å². The van der Waals surface area contributed by atoms with Gasteiger partial charge < -0.3 is 30.3 Å². The minimum Gasteiger partial charge on any atom is -0.497 e. The van der Waals surface area contributed by atoms with E-state index in [0.29, 0.717) is 53.5 Å². The lowest BCUT2D eigenvalue weighted by molar-refractivity contribution is 0.0608. The summed E-state index contributed by atoms with van der Waals surface area (Å²) in [6, 6.07) is 6.98. The molecule has 0 saturated carbocycles. The molecule has 1 aliphatic heterocycles. The van der Waals surface area contributed by atoms with Crippen LogP contribution in [0.4, 0.5) is 22.2 Å². The molecule has 0 bridgehead atoms. The van der Waals surface area contributed by atoms with E-state index in [2.05, 4.69) is 15.3 Å². The number of thiophene rings is 1. The predicted molar refractivity (Wildman–Crippen MR) is 119 cm³/mol. The SMILES string of the molecule is COC(=O)c1scc2nc(N)nc(N3CCN(C(=O)Nc4ccc(OC)cc4)CC3)c12. The van der Waals surface area contributed by atoms with Gasteiger partial charge >= 0.3 is 12.0 Å². The van der Waals surface area contributed by atoms with Gasteiger partial charge in [-0.3, -0.25) is 0 Å². The molecular formula is C20H22N6O4S. The van der Waals surface area contributed by atoms with E-state index in [9.17, 15) is 9.59 Å². The number of nitrogens with one attached hydrogen (secondary N) is 1. The van der Waals surface area contributed by atoms with Gasteiger partial charge in [0, 0.05) is 37.2 Å². The molecule has 4 rings (SSSR count). The zero-order valence-electron chi connectivity index (χ0n) is 17.1. The molecule has 10 nitrogen and oxygen atoms in total. The standard InChI is InChI=1S/C20H22N6O4S/c1-29-13-5-3-12(4-6-13)22-20(28)26-9-7-25(8-10-26)17-15-14(23-19(21)24-17)11-31-16(15)18(27)30-2/h3-6,11H,7-10H2,1-2H3,(H2,21,23)(H,22,28). The second-order valence-corrected chi connectivity index (χ2v) is 7.73. The summed E-state index contributed by atoms with van der Waals surface area (Å²) in [7, 11) is 2.93. The maximum Gasteiger partial charge on any atom is 0.348 e. The molecule has 3 N–H and O–H groups in total. The third kappa shape index (κ3) is 4.17. The minimum absolute atomic E-state index is 0.136. The third-order valence-corrected chi connectivity index (χ3v) is 5.98. The molecule has 1 aliphatic rings. The first-order chi connectivity index (χ1) is 15.0. The molecule has 1 aromatic carbocycles. The van der Waals surface area contributed by atoms with E-state index >= 15 is 0 Å². The highest BCUT2D eigenvalue weighted by Gasteiger charge is 2.27. The molecular weight excluding hydrogens is 420 g/mol. The zero-order valence-corrected chi connectivity index (χ0v) is 17.9. The Bertz CT molecular complexity index is 1110. The molecule has 3 aromatic rings. The normalized spacial score (nSPS) is 13.9. The van der Waals surface area contributed by atoms with Crippen LogP contribution in [-0.4, -0.2) is 67.3 Å². The van der Waals surface area contributed by atoms with Crippen molar-refractivity contribution in [3.8, 4) is 5.75 Å². The fourth-order valence-corrected chi connectivity index (χ4v) is 4.32. The van der Waals surface area contributed by atoms with E-state index in [-0.39, 0.29) is 12.0 Å². The number of hydrogen-bond acceptors (Lipinski definition) is 9. The van der Waals surface area contributed by atoms with Crippen molar-refractivity contribution in [2.45, 2.75) is 0 Å². The van der Waals surface area contributed by atoms with Crippen LogP contribution < -0.4 is 20.7 Å². The number of fused-ring (bicyclic) bond motifs is 1. The Morgan fingerprint density at radius 2 is 1.81 bits per heavy atom. The van der Waals surface area contributed by atoms with E-state index in [1.807, 2.05) is 4.90 Å². The number of hydrogen-bond donors (Lipinski definition) is 2. The number of nitrogens with zero attached hydrogens (tertiary/aromatic N) is 4. The molecule has 0 atom stereocenters. The largest absolute Gasteiger partial charge is 0.497 e. The van der Waals surface area contributed by atoms with Gasteiger partial charge in [0.25, 0.3) is 0 Å². The van der Waals surface area contributed by atoms with E-state index in [1.165, 1.54) is 18.4 Å². The summed E-state index contributed by atoms with van der Waals surface area (Å²) < 4.78 is 10.0. The molecule has 0 radical (unpaired) electrons. The maximum absolute atomic E-state index is 12.6. The third-order valence-electron chi connectivity index (χ3n) is 5.03. The number of anilines is 3. The maximum atomic E-state index is 12.6. The fourth-order valence-electron chi connectivity index (χ4n) is 3.43. The smallest absolute Gasteiger partial charge is 0.348 e. The number of ether oxygens (including phenoxy) is 2. The van der Waals surface area contributed by atoms with Crippen molar-refractivity contribution in [3.63, 3.8) is 0 Å². The average molecular weight is 443 g/mol. The molecule has 0 aliphatic carbocycles. The zero-order chi connectivity index (χ0) is 22.0. The first kappa shape index (κ1) is 20.7. The van der Waals surface area contributed by atoms with Gasteiger partial charge in [-0.2, -0.15) is 4.98 Å². The van der Waals surface area contributed by atoms with Crippen LogP contribution >= 0.6 is 11.3 Å². The summed E-state index contributed by atoms with van der Waals surface area (Å²) in [6.45, 7) is 2.06.